The van der Waals surface area contributed by atoms with Crippen molar-refractivity contribution in [3.8, 4) is 0 Å². The third-order valence-corrected chi connectivity index (χ3v) is 0.400. The van der Waals surface area contributed by atoms with Crippen LogP contribution in [-0.2, 0) is 131 Å². The first-order valence-corrected chi connectivity index (χ1v) is 1.90. The standard InChI is InChI=1S/C5H10N2.4Y/c1-6(2)5-7(3)4;;;;/h1-5H2;;;;/q-4;;;;. The van der Waals surface area contributed by atoms with Crippen LogP contribution in [0.15, 0.2) is 0 Å². The molecule has 56 valence electrons. The molecular weight excluding hydrogens is 444 g/mol. The molecule has 0 aliphatic rings. The number of hydrogen-bond donors (Lipinski definition) is 0. The Bertz CT molecular complexity index is 45.7. The molecule has 0 atom stereocenters. The van der Waals surface area contributed by atoms with E-state index < -0.39 is 0 Å². The van der Waals surface area contributed by atoms with Crippen molar-refractivity contribution in [2.45, 2.75) is 0 Å². The minimum atomic E-state index is 0. The van der Waals surface area contributed by atoms with Crippen LogP contribution in [0.2, 0.25) is 0 Å². The van der Waals surface area contributed by atoms with Gasteiger partial charge in [-0.15, -0.1) is 0 Å². The molecule has 0 saturated heterocycles. The Hall–Kier alpha value is 4.34. The summed E-state index contributed by atoms with van der Waals surface area (Å²) < 4.78 is 0. The molecule has 0 saturated carbocycles. The van der Waals surface area contributed by atoms with Gasteiger partial charge in [0, 0.05) is 131 Å². The molecule has 0 N–H and O–H groups in total. The Morgan fingerprint density at radius 3 is 0.818 bits per heavy atom. The Labute approximate surface area is 171 Å². The fraction of sp³-hybridized carbons (Fsp3) is 0.200. The fourth-order valence-corrected chi connectivity index (χ4v) is 0.283. The van der Waals surface area contributed by atoms with E-state index in [1.807, 2.05) is 0 Å². The topological polar surface area (TPSA) is 6.48 Å². The van der Waals surface area contributed by atoms with Crippen LogP contribution in [0.25, 0.3) is 0 Å². The Morgan fingerprint density at radius 2 is 0.818 bits per heavy atom. The van der Waals surface area contributed by atoms with Crippen LogP contribution in [0.4, 0.5) is 0 Å². The third kappa shape index (κ3) is 31.4. The second-order valence-electron chi connectivity index (χ2n) is 1.48. The quantitative estimate of drug-likeness (QED) is 0.449. The molecule has 0 aromatic heterocycles. The van der Waals surface area contributed by atoms with E-state index in [0.717, 1.165) is 0 Å². The molecule has 4 radical (unpaired) electrons. The van der Waals surface area contributed by atoms with Crippen molar-refractivity contribution in [1.82, 2.24) is 9.80 Å². The summed E-state index contributed by atoms with van der Waals surface area (Å²) in [4.78, 5) is 3.00. The number of hydrogen-bond acceptors (Lipinski definition) is 2. The van der Waals surface area contributed by atoms with Gasteiger partial charge >= 0.3 is 0 Å². The Kier molecular flexibility index (Phi) is 53.2. The zero-order valence-corrected chi connectivity index (χ0v) is 18.1. The molecule has 0 heterocycles. The smallest absolute Gasteiger partial charge is 0 e. The molecule has 0 fully saturated rings. The molecule has 0 aromatic carbocycles. The van der Waals surface area contributed by atoms with Gasteiger partial charge in [-0.25, -0.2) is 0 Å². The maximum absolute atomic E-state index is 3.48. The van der Waals surface area contributed by atoms with Crippen LogP contribution in [0.5, 0.6) is 0 Å². The van der Waals surface area contributed by atoms with Gasteiger partial charge in [0.15, 0.2) is 0 Å². The van der Waals surface area contributed by atoms with E-state index >= 15 is 0 Å². The Morgan fingerprint density at radius 1 is 0.636 bits per heavy atom. The normalized spacial score (nSPS) is 7.09. The largest absolute Gasteiger partial charge is 0.603 e. The fourth-order valence-electron chi connectivity index (χ4n) is 0.283. The van der Waals surface area contributed by atoms with E-state index in [-0.39, 0.29) is 131 Å². The van der Waals surface area contributed by atoms with Crippen LogP contribution in [-0.4, -0.2) is 16.5 Å². The second-order valence-corrected chi connectivity index (χ2v) is 1.48. The van der Waals surface area contributed by atoms with Gasteiger partial charge in [0.1, 0.15) is 0 Å². The van der Waals surface area contributed by atoms with Gasteiger partial charge in [-0.05, 0) is 0 Å². The van der Waals surface area contributed by atoms with E-state index in [0.29, 0.717) is 6.67 Å². The van der Waals surface area contributed by atoms with E-state index in [4.69, 9.17) is 0 Å². The second kappa shape index (κ2) is 19.8. The molecule has 0 spiro atoms. The molecule has 0 bridgehead atoms. The molecule has 0 amide bonds. The summed E-state index contributed by atoms with van der Waals surface area (Å²) in [5, 5.41) is 0. The zero-order chi connectivity index (χ0) is 5.86. The number of nitrogens with zero attached hydrogens (tertiary/aromatic N) is 2. The molecule has 11 heavy (non-hydrogen) atoms. The average Bonchev–Trinajstić information content (AvgIpc) is 1.27. The van der Waals surface area contributed by atoms with Crippen LogP contribution in [0.1, 0.15) is 0 Å². The van der Waals surface area contributed by atoms with E-state index in [1.54, 1.807) is 0 Å². The average molecular weight is 454 g/mol. The molecule has 0 aromatic rings. The summed E-state index contributed by atoms with van der Waals surface area (Å²) >= 11 is 0. The van der Waals surface area contributed by atoms with Gasteiger partial charge in [0.2, 0.25) is 0 Å². The summed E-state index contributed by atoms with van der Waals surface area (Å²) in [6.45, 7) is 0.583. The van der Waals surface area contributed by atoms with Gasteiger partial charge in [0.25, 0.3) is 0 Å². The predicted molar refractivity (Wildman–Crippen MR) is 30.0 cm³/mol. The van der Waals surface area contributed by atoms with Crippen molar-refractivity contribution < 1.29 is 131 Å². The van der Waals surface area contributed by atoms with Gasteiger partial charge in [-0.3, -0.25) is 0 Å². The van der Waals surface area contributed by atoms with Crippen molar-refractivity contribution in [1.29, 1.82) is 0 Å². The minimum absolute atomic E-state index is 0. The van der Waals surface area contributed by atoms with Gasteiger partial charge in [-0.1, -0.05) is 6.67 Å². The first-order valence-electron chi connectivity index (χ1n) is 1.90. The summed E-state index contributed by atoms with van der Waals surface area (Å²) in [6.07, 6.45) is 0. The van der Waals surface area contributed by atoms with Gasteiger partial charge in [0.05, 0.1) is 0 Å². The summed E-state index contributed by atoms with van der Waals surface area (Å²) in [6, 6.07) is 0. The van der Waals surface area contributed by atoms with Crippen molar-refractivity contribution in [2.75, 3.05) is 6.67 Å². The maximum atomic E-state index is 3.48. The first kappa shape index (κ1) is 29.5. The van der Waals surface area contributed by atoms with Crippen LogP contribution in [0.3, 0.4) is 0 Å². The third-order valence-electron chi connectivity index (χ3n) is 0.400. The summed E-state index contributed by atoms with van der Waals surface area (Å²) in [5.41, 5.74) is 0. The molecule has 0 aliphatic heterocycles. The molecule has 6 heteroatoms. The summed E-state index contributed by atoms with van der Waals surface area (Å²) in [7, 11) is 13.9. The molecule has 0 rings (SSSR count). The zero-order valence-electron chi connectivity index (χ0n) is 6.74. The number of rotatable bonds is 2. The first-order chi connectivity index (χ1) is 3.13. The van der Waals surface area contributed by atoms with E-state index in [2.05, 4.69) is 28.2 Å². The maximum Gasteiger partial charge on any atom is 0 e. The van der Waals surface area contributed by atoms with Crippen molar-refractivity contribution in [3.05, 3.63) is 28.2 Å². The predicted octanol–water partition coefficient (Wildman–Crippen LogP) is 0.704. The van der Waals surface area contributed by atoms with E-state index in [9.17, 15) is 0 Å². The van der Waals surface area contributed by atoms with Crippen LogP contribution < -0.4 is 0 Å². The van der Waals surface area contributed by atoms with Gasteiger partial charge < -0.3 is 38.0 Å². The van der Waals surface area contributed by atoms with E-state index in [1.165, 1.54) is 9.80 Å². The molecule has 2 nitrogen and oxygen atoms in total. The molecule has 0 aliphatic carbocycles. The van der Waals surface area contributed by atoms with Crippen molar-refractivity contribution >= 4 is 0 Å². The SMILES string of the molecule is [CH2-]N([CH2-])CN([CH2-])[CH2-].[Y].[Y].[Y].[Y]. The van der Waals surface area contributed by atoms with Crippen LogP contribution >= 0.6 is 0 Å². The Balaban J connectivity index is -0.0000000300. The monoisotopic (exact) mass is 454 g/mol. The van der Waals surface area contributed by atoms with Crippen LogP contribution in [0, 0.1) is 28.2 Å². The summed E-state index contributed by atoms with van der Waals surface area (Å²) in [5.74, 6) is 0. The molecular formula is C5H10N2Y4-4. The minimum Gasteiger partial charge on any atom is -0.603 e. The van der Waals surface area contributed by atoms with Crippen molar-refractivity contribution in [2.24, 2.45) is 0 Å². The molecule has 0 unspecified atom stereocenters. The van der Waals surface area contributed by atoms with Crippen molar-refractivity contribution in [3.63, 3.8) is 0 Å². The van der Waals surface area contributed by atoms with Gasteiger partial charge in [-0.2, -0.15) is 0 Å².